The van der Waals surface area contributed by atoms with Crippen LogP contribution < -0.4 is 0 Å². The Morgan fingerprint density at radius 3 is 3.00 bits per heavy atom. The van der Waals surface area contributed by atoms with Crippen LogP contribution in [0.15, 0.2) is 24.4 Å². The van der Waals surface area contributed by atoms with Crippen molar-refractivity contribution in [3.05, 3.63) is 30.1 Å². The molecule has 1 rings (SSSR count). The van der Waals surface area contributed by atoms with E-state index in [4.69, 9.17) is 4.74 Å². The lowest BCUT2D eigenvalue weighted by atomic mass is 10.1. The fourth-order valence-corrected chi connectivity index (χ4v) is 1.14. The summed E-state index contributed by atoms with van der Waals surface area (Å²) in [7, 11) is 1.59. The van der Waals surface area contributed by atoms with Crippen LogP contribution in [0.2, 0.25) is 0 Å². The number of aryl methyl sites for hydroxylation is 1. The standard InChI is InChI=1S/C10H15NO2/c1-13-8-10(12)6-5-9-4-2-3-7-11-9/h2-4,7,10,12H,5-6,8H2,1H3. The number of aromatic nitrogens is 1. The molecule has 1 aromatic rings. The van der Waals surface area contributed by atoms with Gasteiger partial charge >= 0.3 is 0 Å². The predicted molar refractivity (Wildman–Crippen MR) is 50.4 cm³/mol. The van der Waals surface area contributed by atoms with Crippen LogP contribution in [0.3, 0.4) is 0 Å². The number of aliphatic hydroxyl groups excluding tert-OH is 1. The summed E-state index contributed by atoms with van der Waals surface area (Å²) >= 11 is 0. The van der Waals surface area contributed by atoms with Gasteiger partial charge in [0.2, 0.25) is 0 Å². The summed E-state index contributed by atoms with van der Waals surface area (Å²) in [5.41, 5.74) is 1.01. The Morgan fingerprint density at radius 1 is 1.54 bits per heavy atom. The van der Waals surface area contributed by atoms with Crippen LogP contribution in [0.5, 0.6) is 0 Å². The van der Waals surface area contributed by atoms with E-state index < -0.39 is 0 Å². The van der Waals surface area contributed by atoms with Crippen molar-refractivity contribution < 1.29 is 9.84 Å². The van der Waals surface area contributed by atoms with E-state index in [1.54, 1.807) is 13.3 Å². The van der Waals surface area contributed by atoms with Gasteiger partial charge in [-0.15, -0.1) is 0 Å². The molecular weight excluding hydrogens is 166 g/mol. The minimum absolute atomic E-state index is 0.382. The summed E-state index contributed by atoms with van der Waals surface area (Å²) in [5.74, 6) is 0. The maximum absolute atomic E-state index is 9.36. The Balaban J connectivity index is 2.27. The zero-order valence-electron chi connectivity index (χ0n) is 7.81. The summed E-state index contributed by atoms with van der Waals surface area (Å²) < 4.78 is 4.82. The van der Waals surface area contributed by atoms with Crippen molar-refractivity contribution in [2.45, 2.75) is 18.9 Å². The van der Waals surface area contributed by atoms with Crippen LogP contribution in [0, 0.1) is 0 Å². The second-order valence-electron chi connectivity index (χ2n) is 2.97. The molecule has 1 heterocycles. The van der Waals surface area contributed by atoms with Crippen LogP contribution in [-0.4, -0.2) is 29.9 Å². The lowest BCUT2D eigenvalue weighted by Gasteiger charge is -2.07. The molecule has 0 saturated heterocycles. The number of pyridine rings is 1. The molecule has 0 aliphatic heterocycles. The highest BCUT2D eigenvalue weighted by atomic mass is 16.5. The van der Waals surface area contributed by atoms with Crippen LogP contribution in [0.4, 0.5) is 0 Å². The largest absolute Gasteiger partial charge is 0.391 e. The van der Waals surface area contributed by atoms with Crippen molar-refractivity contribution in [2.75, 3.05) is 13.7 Å². The maximum atomic E-state index is 9.36. The van der Waals surface area contributed by atoms with E-state index in [2.05, 4.69) is 4.98 Å². The third-order valence-electron chi connectivity index (χ3n) is 1.82. The smallest absolute Gasteiger partial charge is 0.0777 e. The van der Waals surface area contributed by atoms with Gasteiger partial charge in [-0.25, -0.2) is 0 Å². The van der Waals surface area contributed by atoms with Crippen LogP contribution in [0.25, 0.3) is 0 Å². The van der Waals surface area contributed by atoms with Crippen LogP contribution >= 0.6 is 0 Å². The van der Waals surface area contributed by atoms with Gasteiger partial charge in [0, 0.05) is 19.0 Å². The summed E-state index contributed by atoms with van der Waals surface area (Å²) in [6.07, 6.45) is 2.88. The van der Waals surface area contributed by atoms with Gasteiger partial charge in [-0.1, -0.05) is 6.07 Å². The summed E-state index contributed by atoms with van der Waals surface area (Å²) in [6, 6.07) is 5.79. The number of rotatable bonds is 5. The molecule has 0 aliphatic rings. The molecule has 1 atom stereocenters. The van der Waals surface area contributed by atoms with E-state index in [0.29, 0.717) is 13.0 Å². The molecule has 0 fully saturated rings. The highest BCUT2D eigenvalue weighted by molar-refractivity contribution is 5.03. The molecule has 0 spiro atoms. The number of hydrogen-bond donors (Lipinski definition) is 1. The van der Waals surface area contributed by atoms with Crippen molar-refractivity contribution in [3.8, 4) is 0 Å². The van der Waals surface area contributed by atoms with Gasteiger partial charge in [-0.3, -0.25) is 4.98 Å². The van der Waals surface area contributed by atoms with Gasteiger partial charge in [0.15, 0.2) is 0 Å². The minimum atomic E-state index is -0.382. The third-order valence-corrected chi connectivity index (χ3v) is 1.82. The molecule has 3 heteroatoms. The zero-order chi connectivity index (χ0) is 9.52. The Morgan fingerprint density at radius 2 is 2.38 bits per heavy atom. The maximum Gasteiger partial charge on any atom is 0.0777 e. The van der Waals surface area contributed by atoms with E-state index >= 15 is 0 Å². The van der Waals surface area contributed by atoms with Crippen molar-refractivity contribution in [3.63, 3.8) is 0 Å². The van der Waals surface area contributed by atoms with E-state index in [9.17, 15) is 5.11 Å². The highest BCUT2D eigenvalue weighted by Gasteiger charge is 2.03. The van der Waals surface area contributed by atoms with Gasteiger partial charge in [-0.05, 0) is 25.0 Å². The van der Waals surface area contributed by atoms with E-state index in [1.807, 2.05) is 18.2 Å². The number of aliphatic hydroxyl groups is 1. The molecule has 0 amide bonds. The second kappa shape index (κ2) is 5.67. The summed E-state index contributed by atoms with van der Waals surface area (Å²) in [6.45, 7) is 0.396. The molecule has 0 aliphatic carbocycles. The normalized spacial score (nSPS) is 12.8. The molecule has 13 heavy (non-hydrogen) atoms. The average Bonchev–Trinajstić information content (AvgIpc) is 2.17. The van der Waals surface area contributed by atoms with Crippen LogP contribution in [-0.2, 0) is 11.2 Å². The lowest BCUT2D eigenvalue weighted by Crippen LogP contribution is -2.14. The van der Waals surface area contributed by atoms with Crippen molar-refractivity contribution in [1.29, 1.82) is 0 Å². The average molecular weight is 181 g/mol. The van der Waals surface area contributed by atoms with Crippen molar-refractivity contribution in [1.82, 2.24) is 4.98 Å². The molecule has 0 radical (unpaired) electrons. The topological polar surface area (TPSA) is 42.4 Å². The molecule has 72 valence electrons. The van der Waals surface area contributed by atoms with E-state index in [-0.39, 0.29) is 6.10 Å². The fraction of sp³-hybridized carbons (Fsp3) is 0.500. The SMILES string of the molecule is COCC(O)CCc1ccccn1. The number of hydrogen-bond acceptors (Lipinski definition) is 3. The van der Waals surface area contributed by atoms with Gasteiger partial charge in [-0.2, -0.15) is 0 Å². The van der Waals surface area contributed by atoms with Gasteiger partial charge in [0.1, 0.15) is 0 Å². The molecule has 0 aromatic carbocycles. The Labute approximate surface area is 78.4 Å². The first-order valence-corrected chi connectivity index (χ1v) is 4.40. The molecule has 1 aromatic heterocycles. The van der Waals surface area contributed by atoms with E-state index in [0.717, 1.165) is 12.1 Å². The molecule has 0 saturated carbocycles. The van der Waals surface area contributed by atoms with Gasteiger partial charge in [0.25, 0.3) is 0 Å². The molecule has 1 N–H and O–H groups in total. The van der Waals surface area contributed by atoms with Gasteiger partial charge in [0.05, 0.1) is 12.7 Å². The Bertz CT molecular complexity index is 226. The van der Waals surface area contributed by atoms with Crippen molar-refractivity contribution in [2.24, 2.45) is 0 Å². The quantitative estimate of drug-likeness (QED) is 0.737. The first-order valence-electron chi connectivity index (χ1n) is 4.40. The highest BCUT2D eigenvalue weighted by Crippen LogP contribution is 2.01. The molecule has 0 bridgehead atoms. The zero-order valence-corrected chi connectivity index (χ0v) is 7.81. The number of nitrogens with zero attached hydrogens (tertiary/aromatic N) is 1. The van der Waals surface area contributed by atoms with Crippen LogP contribution in [0.1, 0.15) is 12.1 Å². The number of methoxy groups -OCH3 is 1. The fourth-order valence-electron chi connectivity index (χ4n) is 1.14. The Kier molecular flexibility index (Phi) is 4.43. The number of ether oxygens (including phenoxy) is 1. The lowest BCUT2D eigenvalue weighted by molar-refractivity contribution is 0.0594. The first-order chi connectivity index (χ1) is 6.33. The van der Waals surface area contributed by atoms with E-state index in [1.165, 1.54) is 0 Å². The predicted octanol–water partition coefficient (Wildman–Crippen LogP) is 1.02. The second-order valence-corrected chi connectivity index (χ2v) is 2.97. The first kappa shape index (κ1) is 10.2. The summed E-state index contributed by atoms with van der Waals surface area (Å²) in [5, 5.41) is 9.36. The monoisotopic (exact) mass is 181 g/mol. The third kappa shape index (κ3) is 4.01. The molecule has 1 unspecified atom stereocenters. The van der Waals surface area contributed by atoms with Gasteiger partial charge < -0.3 is 9.84 Å². The molecular formula is C10H15NO2. The summed E-state index contributed by atoms with van der Waals surface area (Å²) in [4.78, 5) is 4.16. The molecule has 3 nitrogen and oxygen atoms in total. The minimum Gasteiger partial charge on any atom is -0.391 e. The Hall–Kier alpha value is -0.930. The van der Waals surface area contributed by atoms with Crippen molar-refractivity contribution >= 4 is 0 Å².